The number of anilines is 1. The van der Waals surface area contributed by atoms with Crippen LogP contribution in [0.5, 0.6) is 5.75 Å². The molecule has 0 bridgehead atoms. The van der Waals surface area contributed by atoms with Gasteiger partial charge in [-0.1, -0.05) is 39.8 Å². The number of ketones is 1. The van der Waals surface area contributed by atoms with Crippen LogP contribution in [0.3, 0.4) is 0 Å². The highest BCUT2D eigenvalue weighted by atomic mass is 32.2. The summed E-state index contributed by atoms with van der Waals surface area (Å²) in [5.41, 5.74) is 8.13. The molecule has 0 fully saturated rings. The van der Waals surface area contributed by atoms with Crippen molar-refractivity contribution >= 4 is 58.1 Å². The van der Waals surface area contributed by atoms with Gasteiger partial charge in [-0.2, -0.15) is 0 Å². The molecule has 16 heteroatoms. The van der Waals surface area contributed by atoms with Crippen LogP contribution in [0.15, 0.2) is 53.3 Å². The zero-order chi connectivity index (χ0) is 42.4. The smallest absolute Gasteiger partial charge is 0.508 e. The Balaban J connectivity index is 1.13. The largest absolute Gasteiger partial charge is 0.510 e. The quantitative estimate of drug-likeness (QED) is 0.0699. The van der Waals surface area contributed by atoms with Crippen molar-refractivity contribution in [3.05, 3.63) is 86.7 Å². The normalized spacial score (nSPS) is 15.8. The van der Waals surface area contributed by atoms with E-state index in [-0.39, 0.29) is 72.2 Å². The number of phenols is 1. The van der Waals surface area contributed by atoms with Gasteiger partial charge in [0.2, 0.25) is 17.4 Å². The number of Topliss-reactive ketones (excluding diaryl/α,β-unsaturated/α-hetero) is 1. The Bertz CT molecular complexity index is 2340. The van der Waals surface area contributed by atoms with Gasteiger partial charge in [-0.05, 0) is 86.2 Å². The van der Waals surface area contributed by atoms with Gasteiger partial charge in [0, 0.05) is 28.1 Å². The van der Waals surface area contributed by atoms with E-state index in [0.29, 0.717) is 60.4 Å². The van der Waals surface area contributed by atoms with E-state index in [0.717, 1.165) is 16.5 Å². The Morgan fingerprint density at radius 3 is 2.49 bits per heavy atom. The second-order valence-corrected chi connectivity index (χ2v) is 15.9. The first-order chi connectivity index (χ1) is 28.3. The predicted octanol–water partition coefficient (Wildman–Crippen LogP) is 5.22. The molecule has 6 rings (SSSR count). The number of aryl methyl sites for hydroxylation is 1. The fourth-order valence-corrected chi connectivity index (χ4v) is 8.25. The molecule has 312 valence electrons. The Morgan fingerprint density at radius 2 is 1.80 bits per heavy atom. The molecule has 0 spiro atoms. The number of esters is 1. The van der Waals surface area contributed by atoms with Crippen molar-refractivity contribution in [1.82, 2.24) is 14.9 Å². The Hall–Kier alpha value is -5.74. The van der Waals surface area contributed by atoms with Crippen molar-refractivity contribution in [1.29, 1.82) is 0 Å². The van der Waals surface area contributed by atoms with E-state index in [2.05, 4.69) is 10.6 Å². The molecule has 0 saturated carbocycles. The highest BCUT2D eigenvalue weighted by Crippen LogP contribution is 2.42. The number of amides is 2. The number of aromatic nitrogens is 2. The number of aromatic hydroxyl groups is 1. The third-order valence-electron chi connectivity index (χ3n) is 10.7. The number of cyclic esters (lactones) is 1. The summed E-state index contributed by atoms with van der Waals surface area (Å²) < 4.78 is 18.3. The van der Waals surface area contributed by atoms with E-state index in [1.807, 2.05) is 6.92 Å². The van der Waals surface area contributed by atoms with Crippen LogP contribution in [0.25, 0.3) is 22.3 Å². The van der Waals surface area contributed by atoms with Crippen molar-refractivity contribution in [3.63, 3.8) is 0 Å². The van der Waals surface area contributed by atoms with E-state index < -0.39 is 35.2 Å². The Morgan fingerprint density at radius 1 is 1.03 bits per heavy atom. The molecule has 2 aliphatic rings. The van der Waals surface area contributed by atoms with Crippen LogP contribution in [0, 0.1) is 5.92 Å². The molecule has 2 aromatic carbocycles. The molecule has 0 unspecified atom stereocenters. The summed E-state index contributed by atoms with van der Waals surface area (Å²) in [6, 6.07) is 12.3. The Labute approximate surface area is 345 Å². The number of unbranched alkanes of at least 4 members (excludes halogenated alkanes) is 1. The number of nitrogens with zero attached hydrogens (tertiary/aromatic N) is 2. The summed E-state index contributed by atoms with van der Waals surface area (Å²) in [6.07, 6.45) is 1.10. The van der Waals surface area contributed by atoms with Crippen molar-refractivity contribution in [2.75, 3.05) is 23.4 Å². The van der Waals surface area contributed by atoms with Crippen LogP contribution >= 0.6 is 11.8 Å². The van der Waals surface area contributed by atoms with Crippen molar-refractivity contribution in [2.24, 2.45) is 11.7 Å². The van der Waals surface area contributed by atoms with Crippen LogP contribution in [-0.4, -0.2) is 68.5 Å². The first kappa shape index (κ1) is 42.9. The molecule has 2 aromatic heterocycles. The number of ether oxygens (including phenoxy) is 3. The molecular formula is C43H49N5O10S. The van der Waals surface area contributed by atoms with Crippen LogP contribution < -0.4 is 21.9 Å². The van der Waals surface area contributed by atoms with Gasteiger partial charge in [0.25, 0.3) is 5.56 Å². The van der Waals surface area contributed by atoms with Gasteiger partial charge in [0.05, 0.1) is 40.5 Å². The van der Waals surface area contributed by atoms with Gasteiger partial charge in [-0.15, -0.1) is 11.8 Å². The molecule has 0 radical (unpaired) electrons. The highest BCUT2D eigenvalue weighted by Gasteiger charge is 2.51. The third kappa shape index (κ3) is 9.13. The number of rotatable bonds is 17. The molecule has 2 aliphatic heterocycles. The fourth-order valence-electron chi connectivity index (χ4n) is 7.35. The van der Waals surface area contributed by atoms with Gasteiger partial charge in [0.15, 0.2) is 0 Å². The number of carbonyl (C=O) groups excluding carboxylic acids is 5. The number of carbonyl (C=O) groups is 5. The molecule has 4 aromatic rings. The van der Waals surface area contributed by atoms with Gasteiger partial charge in [0.1, 0.15) is 30.8 Å². The zero-order valence-electron chi connectivity index (χ0n) is 33.6. The van der Waals surface area contributed by atoms with Gasteiger partial charge < -0.3 is 40.3 Å². The lowest BCUT2D eigenvalue weighted by Crippen LogP contribution is -2.47. The number of thioether (sulfide) groups is 1. The molecule has 2 atom stereocenters. The monoisotopic (exact) mass is 827 g/mol. The number of fused-ring (bicyclic) bond motifs is 5. The zero-order valence-corrected chi connectivity index (χ0v) is 34.4. The van der Waals surface area contributed by atoms with Crippen molar-refractivity contribution < 1.29 is 43.3 Å². The second-order valence-electron chi connectivity index (χ2n) is 14.9. The van der Waals surface area contributed by atoms with Crippen LogP contribution in [0.1, 0.15) is 81.2 Å². The summed E-state index contributed by atoms with van der Waals surface area (Å²) in [4.78, 5) is 83.5. The summed E-state index contributed by atoms with van der Waals surface area (Å²) >= 11 is 1.20. The molecule has 0 aliphatic carbocycles. The first-order valence-corrected chi connectivity index (χ1v) is 20.9. The van der Waals surface area contributed by atoms with E-state index in [4.69, 9.17) is 24.9 Å². The number of hydrogen-bond acceptors (Lipinski definition) is 13. The lowest BCUT2D eigenvalue weighted by Gasteiger charge is -2.35. The minimum absolute atomic E-state index is 0.0425. The number of phenolic OH excluding ortho intramolecular Hbond substituents is 1. The van der Waals surface area contributed by atoms with E-state index in [9.17, 15) is 33.9 Å². The number of benzene rings is 2. The molecule has 2 amide bonds. The van der Waals surface area contributed by atoms with Gasteiger partial charge in [-0.25, -0.2) is 14.6 Å². The topological polar surface area (TPSA) is 218 Å². The maximum Gasteiger partial charge on any atom is 0.510 e. The lowest BCUT2D eigenvalue weighted by atomic mass is 9.85. The number of nitrogens with one attached hydrogen (secondary N) is 2. The molecule has 15 nitrogen and oxygen atoms in total. The average Bonchev–Trinajstić information content (AvgIpc) is 3.58. The average molecular weight is 828 g/mol. The van der Waals surface area contributed by atoms with Gasteiger partial charge >= 0.3 is 12.1 Å². The summed E-state index contributed by atoms with van der Waals surface area (Å²) in [7, 11) is 0. The molecule has 4 heterocycles. The van der Waals surface area contributed by atoms with Crippen molar-refractivity contribution in [3.8, 4) is 17.1 Å². The predicted molar refractivity (Wildman–Crippen MR) is 222 cm³/mol. The fraction of sp³-hybridized carbons (Fsp3) is 0.419. The summed E-state index contributed by atoms with van der Waals surface area (Å²) in [5, 5.41) is 16.5. The number of hydrogen-bond donors (Lipinski definition) is 4. The minimum atomic E-state index is -1.97. The van der Waals surface area contributed by atoms with Gasteiger partial charge in [-0.3, -0.25) is 19.2 Å². The van der Waals surface area contributed by atoms with Crippen LogP contribution in [-0.2, 0) is 65.2 Å². The molecular weight excluding hydrogens is 779 g/mol. The van der Waals surface area contributed by atoms with Crippen LogP contribution in [0.4, 0.5) is 10.5 Å². The number of pyridine rings is 2. The van der Waals surface area contributed by atoms with E-state index in [1.165, 1.54) is 11.8 Å². The lowest BCUT2D eigenvalue weighted by molar-refractivity contribution is -0.175. The standard InChI is InChI=1S/C43H49N5O10S/c1-5-28-29-17-27(49)14-15-33(29)47-38-30(28)19-48-35(38)18-32-31(40(48)53)21-56-41(54)43(32,6-2)58-42(55)57-20-25-10-12-26(13-11-25)45-39(52)34(9-7-8-16-44)46-37(51)23-59-22-36(50)24(3)4/h10-15,17-18,24,34,49H,5-9,16,19-23,44H2,1-4H3,(H,45,52)(H,46,51)/t34-,43-/m0/s1. The van der Waals surface area contributed by atoms with E-state index >= 15 is 0 Å². The summed E-state index contributed by atoms with van der Waals surface area (Å²) in [5.74, 6) is -1.31. The second kappa shape index (κ2) is 18.5. The molecule has 5 N–H and O–H groups in total. The summed E-state index contributed by atoms with van der Waals surface area (Å²) in [6.45, 7) is 7.40. The van der Waals surface area contributed by atoms with Crippen molar-refractivity contribution in [2.45, 2.75) is 91.2 Å². The first-order valence-electron chi connectivity index (χ1n) is 19.7. The maximum atomic E-state index is 14.0. The third-order valence-corrected chi connectivity index (χ3v) is 11.6. The Kier molecular flexibility index (Phi) is 13.4. The molecule has 0 saturated heterocycles. The molecule has 59 heavy (non-hydrogen) atoms. The minimum Gasteiger partial charge on any atom is -0.508 e. The van der Waals surface area contributed by atoms with E-state index in [1.54, 1.807) is 73.9 Å². The SMILES string of the molecule is CCc1c2c(nc3ccc(O)cc13)-c1cc3c(c(=O)n1C2)COC(=O)[C@@]3(CC)OC(=O)OCc1ccc(NC(=O)[C@H](CCCCN)NC(=O)CSCC(=O)C(C)C)cc1. The number of nitrogens with two attached hydrogens (primary N) is 1. The van der Waals surface area contributed by atoms with Crippen LogP contribution in [0.2, 0.25) is 0 Å². The highest BCUT2D eigenvalue weighted by molar-refractivity contribution is 8.00. The maximum absolute atomic E-state index is 14.0.